The Morgan fingerprint density at radius 3 is 2.18 bits per heavy atom. The van der Waals surface area contributed by atoms with Gasteiger partial charge in [-0.3, -0.25) is 9.59 Å². The van der Waals surface area contributed by atoms with Crippen molar-refractivity contribution in [2.24, 2.45) is 0 Å². The molecule has 1 aromatic carbocycles. The van der Waals surface area contributed by atoms with Crippen molar-refractivity contribution in [3.63, 3.8) is 0 Å². The van der Waals surface area contributed by atoms with Gasteiger partial charge in [-0.2, -0.15) is 0 Å². The molecule has 152 valence electrons. The SMILES string of the molecule is CCOC(=O)c1ccccc1NC(=O)CC(=O)N1CCN(C(=O)OCC)CC1. The quantitative estimate of drug-likeness (QED) is 0.582. The van der Waals surface area contributed by atoms with Gasteiger partial charge in [-0.1, -0.05) is 12.1 Å². The topological polar surface area (TPSA) is 105 Å². The van der Waals surface area contributed by atoms with Crippen molar-refractivity contribution >= 4 is 29.6 Å². The van der Waals surface area contributed by atoms with E-state index in [0.717, 1.165) is 0 Å². The molecule has 2 rings (SSSR count). The van der Waals surface area contributed by atoms with E-state index in [1.807, 2.05) is 0 Å². The van der Waals surface area contributed by atoms with Crippen LogP contribution in [0.3, 0.4) is 0 Å². The molecule has 0 aromatic heterocycles. The highest BCUT2D eigenvalue weighted by molar-refractivity contribution is 6.06. The molecule has 1 fully saturated rings. The molecule has 1 aliphatic rings. The predicted molar refractivity (Wildman–Crippen MR) is 101 cm³/mol. The van der Waals surface area contributed by atoms with Gasteiger partial charge in [0.05, 0.1) is 24.5 Å². The molecule has 0 aliphatic carbocycles. The van der Waals surface area contributed by atoms with E-state index in [-0.39, 0.29) is 24.5 Å². The van der Waals surface area contributed by atoms with Gasteiger partial charge in [0.1, 0.15) is 6.42 Å². The minimum Gasteiger partial charge on any atom is -0.462 e. The number of hydrogen-bond acceptors (Lipinski definition) is 6. The zero-order chi connectivity index (χ0) is 20.5. The number of carbonyl (C=O) groups excluding carboxylic acids is 4. The van der Waals surface area contributed by atoms with E-state index in [1.165, 1.54) is 9.80 Å². The summed E-state index contributed by atoms with van der Waals surface area (Å²) in [4.78, 5) is 51.3. The molecule has 0 atom stereocenters. The number of hydrogen-bond donors (Lipinski definition) is 1. The second-order valence-electron chi connectivity index (χ2n) is 6.06. The largest absolute Gasteiger partial charge is 0.462 e. The average Bonchev–Trinajstić information content (AvgIpc) is 2.68. The van der Waals surface area contributed by atoms with Gasteiger partial charge < -0.3 is 24.6 Å². The van der Waals surface area contributed by atoms with Crippen molar-refractivity contribution in [3.8, 4) is 0 Å². The van der Waals surface area contributed by atoms with Crippen LogP contribution in [0.4, 0.5) is 10.5 Å². The summed E-state index contributed by atoms with van der Waals surface area (Å²) in [7, 11) is 0. The van der Waals surface area contributed by atoms with Crippen LogP contribution in [0.25, 0.3) is 0 Å². The predicted octanol–water partition coefficient (Wildman–Crippen LogP) is 1.49. The number of benzene rings is 1. The van der Waals surface area contributed by atoms with Crippen LogP contribution in [-0.2, 0) is 19.1 Å². The van der Waals surface area contributed by atoms with E-state index in [2.05, 4.69) is 5.32 Å². The first-order valence-corrected chi connectivity index (χ1v) is 9.21. The number of nitrogens with zero attached hydrogens (tertiary/aromatic N) is 2. The van der Waals surface area contributed by atoms with Crippen LogP contribution in [-0.4, -0.2) is 73.1 Å². The molecular formula is C19H25N3O6. The summed E-state index contributed by atoms with van der Waals surface area (Å²) in [6.45, 7) is 5.34. The van der Waals surface area contributed by atoms with Crippen molar-refractivity contribution in [1.82, 2.24) is 9.80 Å². The van der Waals surface area contributed by atoms with Crippen molar-refractivity contribution in [2.75, 3.05) is 44.7 Å². The highest BCUT2D eigenvalue weighted by atomic mass is 16.6. The van der Waals surface area contributed by atoms with Crippen LogP contribution in [0, 0.1) is 0 Å². The van der Waals surface area contributed by atoms with Gasteiger partial charge in [0.2, 0.25) is 11.8 Å². The van der Waals surface area contributed by atoms with Crippen LogP contribution in [0.1, 0.15) is 30.6 Å². The second-order valence-corrected chi connectivity index (χ2v) is 6.06. The van der Waals surface area contributed by atoms with Crippen LogP contribution in [0.15, 0.2) is 24.3 Å². The fourth-order valence-electron chi connectivity index (χ4n) is 2.78. The summed E-state index contributed by atoms with van der Waals surface area (Å²) in [6, 6.07) is 6.46. The molecule has 1 N–H and O–H groups in total. The summed E-state index contributed by atoms with van der Waals surface area (Å²) in [5.41, 5.74) is 0.527. The van der Waals surface area contributed by atoms with Gasteiger partial charge in [0.25, 0.3) is 0 Å². The van der Waals surface area contributed by atoms with Crippen molar-refractivity contribution in [3.05, 3.63) is 29.8 Å². The van der Waals surface area contributed by atoms with E-state index in [4.69, 9.17) is 9.47 Å². The van der Waals surface area contributed by atoms with Gasteiger partial charge in [0.15, 0.2) is 0 Å². The van der Waals surface area contributed by atoms with Crippen molar-refractivity contribution in [2.45, 2.75) is 20.3 Å². The van der Waals surface area contributed by atoms with Gasteiger partial charge in [0, 0.05) is 26.2 Å². The fourth-order valence-corrected chi connectivity index (χ4v) is 2.78. The Kier molecular flexibility index (Phi) is 7.79. The molecular weight excluding hydrogens is 366 g/mol. The summed E-state index contributed by atoms with van der Waals surface area (Å²) in [5.74, 6) is -1.40. The first kappa shape index (κ1) is 21.2. The molecule has 0 radical (unpaired) electrons. The van der Waals surface area contributed by atoms with E-state index in [9.17, 15) is 19.2 Å². The maximum atomic E-state index is 12.4. The molecule has 1 aliphatic heterocycles. The molecule has 28 heavy (non-hydrogen) atoms. The average molecular weight is 391 g/mol. The third-order valence-corrected chi connectivity index (χ3v) is 4.17. The molecule has 3 amide bonds. The summed E-state index contributed by atoms with van der Waals surface area (Å²) in [5, 5.41) is 2.59. The molecule has 0 saturated carbocycles. The van der Waals surface area contributed by atoms with E-state index < -0.39 is 18.0 Å². The summed E-state index contributed by atoms with van der Waals surface area (Å²) in [6.07, 6.45) is -0.751. The highest BCUT2D eigenvalue weighted by Gasteiger charge is 2.26. The number of anilines is 1. The van der Waals surface area contributed by atoms with E-state index in [0.29, 0.717) is 38.5 Å². The Balaban J connectivity index is 1.88. The lowest BCUT2D eigenvalue weighted by atomic mass is 10.1. The number of nitrogens with one attached hydrogen (secondary N) is 1. The lowest BCUT2D eigenvalue weighted by molar-refractivity contribution is -0.135. The number of carbonyl (C=O) groups is 4. The Hall–Kier alpha value is -3.10. The third-order valence-electron chi connectivity index (χ3n) is 4.17. The van der Waals surface area contributed by atoms with Crippen LogP contribution >= 0.6 is 0 Å². The maximum absolute atomic E-state index is 12.4. The molecule has 9 heteroatoms. The standard InChI is InChI=1S/C19H25N3O6/c1-3-27-18(25)14-7-5-6-8-15(14)20-16(23)13-17(24)21-9-11-22(12-10-21)19(26)28-4-2/h5-8H,3-4,9-13H2,1-2H3,(H,20,23). The Labute approximate surface area is 163 Å². The minimum atomic E-state index is -0.542. The number of piperazine rings is 1. The van der Waals surface area contributed by atoms with Crippen molar-refractivity contribution < 1.29 is 28.7 Å². The maximum Gasteiger partial charge on any atom is 0.409 e. The van der Waals surface area contributed by atoms with Crippen molar-refractivity contribution in [1.29, 1.82) is 0 Å². The molecule has 0 bridgehead atoms. The van der Waals surface area contributed by atoms with Gasteiger partial charge in [-0.15, -0.1) is 0 Å². The molecule has 9 nitrogen and oxygen atoms in total. The summed E-state index contributed by atoms with van der Waals surface area (Å²) >= 11 is 0. The van der Waals surface area contributed by atoms with Gasteiger partial charge >= 0.3 is 12.1 Å². The Morgan fingerprint density at radius 1 is 0.929 bits per heavy atom. The second kappa shape index (κ2) is 10.3. The molecule has 1 aromatic rings. The lowest BCUT2D eigenvalue weighted by Gasteiger charge is -2.34. The van der Waals surface area contributed by atoms with Crippen LogP contribution in [0.5, 0.6) is 0 Å². The first-order valence-electron chi connectivity index (χ1n) is 9.21. The Morgan fingerprint density at radius 2 is 1.54 bits per heavy atom. The highest BCUT2D eigenvalue weighted by Crippen LogP contribution is 2.17. The first-order chi connectivity index (χ1) is 13.5. The van der Waals surface area contributed by atoms with Crippen LogP contribution in [0.2, 0.25) is 0 Å². The van der Waals surface area contributed by atoms with Gasteiger partial charge in [-0.05, 0) is 26.0 Å². The number of para-hydroxylation sites is 1. The number of rotatable bonds is 6. The molecule has 0 unspecified atom stereocenters. The van der Waals surface area contributed by atoms with Gasteiger partial charge in [-0.25, -0.2) is 9.59 Å². The monoisotopic (exact) mass is 391 g/mol. The van der Waals surface area contributed by atoms with Crippen LogP contribution < -0.4 is 5.32 Å². The smallest absolute Gasteiger partial charge is 0.409 e. The minimum absolute atomic E-state index is 0.220. The molecule has 1 saturated heterocycles. The fraction of sp³-hybridized carbons (Fsp3) is 0.474. The Bertz CT molecular complexity index is 728. The third kappa shape index (κ3) is 5.70. The number of ether oxygens (including phenoxy) is 2. The molecule has 0 spiro atoms. The molecule has 1 heterocycles. The zero-order valence-electron chi connectivity index (χ0n) is 16.1. The van der Waals surface area contributed by atoms with E-state index >= 15 is 0 Å². The summed E-state index contributed by atoms with van der Waals surface area (Å²) < 4.78 is 9.90. The zero-order valence-corrected chi connectivity index (χ0v) is 16.1. The lowest BCUT2D eigenvalue weighted by Crippen LogP contribution is -2.51. The van der Waals surface area contributed by atoms with E-state index in [1.54, 1.807) is 38.1 Å². The number of esters is 1. The normalized spacial score (nSPS) is 13.6. The number of amides is 3.